The first-order valence-electron chi connectivity index (χ1n) is 13.6. The van der Waals surface area contributed by atoms with Crippen LogP contribution >= 0.6 is 0 Å². The molecule has 2 rings (SSSR count). The maximum absolute atomic E-state index is 12.6. The van der Waals surface area contributed by atoms with Crippen LogP contribution in [-0.4, -0.2) is 75.3 Å². The van der Waals surface area contributed by atoms with Gasteiger partial charge in [-0.05, 0) is 55.4 Å². The number of unbranched alkanes of at least 4 members (excludes halogenated alkanes) is 1. The fraction of sp³-hybridized carbons (Fsp3) is 0.483. The molecular formula is C29H40N4O8. The monoisotopic (exact) mass is 572 g/mol. The first kappa shape index (κ1) is 33.0. The number of benzene rings is 2. The molecular weight excluding hydrogens is 532 g/mol. The molecule has 0 spiro atoms. The molecule has 41 heavy (non-hydrogen) atoms. The molecule has 0 fully saturated rings. The second-order valence-electron chi connectivity index (χ2n) is 9.39. The van der Waals surface area contributed by atoms with Gasteiger partial charge in [0.1, 0.15) is 12.1 Å². The van der Waals surface area contributed by atoms with Crippen LogP contribution in [-0.2, 0) is 39.8 Å². The van der Waals surface area contributed by atoms with Crippen LogP contribution in [0.15, 0.2) is 42.5 Å². The third-order valence-corrected chi connectivity index (χ3v) is 6.36. The molecule has 0 aliphatic carbocycles. The molecule has 0 aromatic heterocycles. The second kappa shape index (κ2) is 17.5. The summed E-state index contributed by atoms with van der Waals surface area (Å²) in [6, 6.07) is 10.3. The number of amides is 3. The summed E-state index contributed by atoms with van der Waals surface area (Å²) in [5.41, 5.74) is 7.08. The molecule has 0 heterocycles. The number of carbonyl (C=O) groups is 5. The number of rotatable bonds is 16. The Morgan fingerprint density at radius 1 is 0.854 bits per heavy atom. The van der Waals surface area contributed by atoms with Crippen LogP contribution in [0.3, 0.4) is 0 Å². The summed E-state index contributed by atoms with van der Waals surface area (Å²) in [5.74, 6) is -2.20. The highest BCUT2D eigenvalue weighted by atomic mass is 16.5. The van der Waals surface area contributed by atoms with Crippen LogP contribution in [0, 0.1) is 0 Å². The predicted octanol–water partition coefficient (Wildman–Crippen LogP) is 1.72. The number of hydrogen-bond acceptors (Lipinski definition) is 9. The normalized spacial score (nSPS) is 12.9. The maximum atomic E-state index is 12.6. The lowest BCUT2D eigenvalue weighted by Crippen LogP contribution is -2.51. The highest BCUT2D eigenvalue weighted by Gasteiger charge is 2.26. The Balaban J connectivity index is 1.81. The molecule has 0 aliphatic rings. The van der Waals surface area contributed by atoms with Crippen LogP contribution in [0.2, 0.25) is 0 Å². The van der Waals surface area contributed by atoms with E-state index in [4.69, 9.17) is 10.5 Å². The molecule has 0 saturated carbocycles. The van der Waals surface area contributed by atoms with Crippen molar-refractivity contribution >= 4 is 40.6 Å². The largest absolute Gasteiger partial charge is 0.469 e. The number of esters is 3. The van der Waals surface area contributed by atoms with E-state index in [0.717, 1.165) is 23.4 Å². The topological polar surface area (TPSA) is 175 Å². The molecule has 2 aromatic rings. The first-order chi connectivity index (χ1) is 19.7. The van der Waals surface area contributed by atoms with E-state index in [1.165, 1.54) is 7.11 Å². The van der Waals surface area contributed by atoms with Gasteiger partial charge in [0.15, 0.2) is 0 Å². The van der Waals surface area contributed by atoms with Crippen molar-refractivity contribution in [2.75, 3.05) is 27.4 Å². The van der Waals surface area contributed by atoms with Crippen molar-refractivity contribution in [3.63, 3.8) is 0 Å². The number of carbonyl (C=O) groups excluding carboxylic acids is 5. The van der Waals surface area contributed by atoms with Crippen LogP contribution in [0.5, 0.6) is 0 Å². The quantitative estimate of drug-likeness (QED) is 0.133. The van der Waals surface area contributed by atoms with E-state index in [1.807, 2.05) is 42.5 Å². The van der Waals surface area contributed by atoms with E-state index in [9.17, 15) is 24.0 Å². The van der Waals surface area contributed by atoms with Gasteiger partial charge >= 0.3 is 23.9 Å². The Morgan fingerprint density at radius 2 is 1.54 bits per heavy atom. The number of hydrogen-bond donors (Lipinski definition) is 4. The predicted molar refractivity (Wildman–Crippen MR) is 152 cm³/mol. The van der Waals surface area contributed by atoms with Crippen molar-refractivity contribution in [2.45, 2.75) is 63.6 Å². The lowest BCUT2D eigenvalue weighted by atomic mass is 10.0. The summed E-state index contributed by atoms with van der Waals surface area (Å²) in [5, 5.41) is 9.95. The van der Waals surface area contributed by atoms with Gasteiger partial charge in [0.05, 0.1) is 26.9 Å². The molecule has 3 amide bonds. The number of fused-ring (bicyclic) bond motifs is 1. The zero-order valence-electron chi connectivity index (χ0n) is 23.8. The van der Waals surface area contributed by atoms with Crippen molar-refractivity contribution < 1.29 is 38.2 Å². The van der Waals surface area contributed by atoms with Crippen molar-refractivity contribution in [2.24, 2.45) is 5.73 Å². The molecule has 0 saturated heterocycles. The Hall–Kier alpha value is -4.19. The average Bonchev–Trinajstić information content (AvgIpc) is 2.97. The van der Waals surface area contributed by atoms with Gasteiger partial charge in [0, 0.05) is 13.0 Å². The Bertz CT molecular complexity index is 1190. The molecule has 0 aliphatic heterocycles. The van der Waals surface area contributed by atoms with E-state index >= 15 is 0 Å². The molecule has 2 aromatic carbocycles. The van der Waals surface area contributed by atoms with Crippen LogP contribution in [0.1, 0.15) is 44.6 Å². The lowest BCUT2D eigenvalue weighted by molar-refractivity contribution is -0.145. The fourth-order valence-electron chi connectivity index (χ4n) is 4.13. The minimum atomic E-state index is -1.11. The van der Waals surface area contributed by atoms with Crippen LogP contribution in [0.4, 0.5) is 4.79 Å². The first-order valence-corrected chi connectivity index (χ1v) is 13.6. The SMILES string of the molecule is CCOC(=O)C(CCCCNC(=O)C(N)Cc1ccc2ccccc2c1)NC(=O)NC(CCC(=O)OC)C(=O)OC. The molecule has 12 nitrogen and oxygen atoms in total. The zero-order valence-corrected chi connectivity index (χ0v) is 23.8. The second-order valence-corrected chi connectivity index (χ2v) is 9.39. The standard InChI is InChI=1S/C29H40N4O8/c1-4-41-28(37)23(32-29(38)33-24(27(36)40-3)14-15-25(34)39-2)11-7-8-16-31-26(35)22(30)18-19-12-13-20-9-5-6-10-21(20)17-19/h5-6,9-10,12-13,17,22-24H,4,7-8,11,14-16,18,30H2,1-3H3,(H,31,35)(H2,32,33,38). The van der Waals surface area contributed by atoms with Crippen LogP contribution < -0.4 is 21.7 Å². The van der Waals surface area contributed by atoms with E-state index in [1.54, 1.807) is 6.92 Å². The van der Waals surface area contributed by atoms with Crippen molar-refractivity contribution in [3.8, 4) is 0 Å². The highest BCUT2D eigenvalue weighted by Crippen LogP contribution is 2.16. The van der Waals surface area contributed by atoms with Gasteiger partial charge in [-0.2, -0.15) is 0 Å². The molecule has 0 bridgehead atoms. The Morgan fingerprint density at radius 3 is 2.20 bits per heavy atom. The summed E-state index contributed by atoms with van der Waals surface area (Å²) in [7, 11) is 2.37. The number of nitrogens with two attached hydrogens (primary N) is 1. The summed E-state index contributed by atoms with van der Waals surface area (Å²) in [6.07, 6.45) is 1.47. The zero-order chi connectivity index (χ0) is 30.2. The highest BCUT2D eigenvalue weighted by molar-refractivity contribution is 5.87. The van der Waals surface area contributed by atoms with E-state index in [0.29, 0.717) is 25.8 Å². The fourth-order valence-corrected chi connectivity index (χ4v) is 4.13. The lowest BCUT2D eigenvalue weighted by Gasteiger charge is -2.21. The number of nitrogens with one attached hydrogen (secondary N) is 3. The molecule has 3 atom stereocenters. The summed E-state index contributed by atoms with van der Waals surface area (Å²) < 4.78 is 14.3. The average molecular weight is 573 g/mol. The van der Waals surface area contributed by atoms with Gasteiger partial charge in [0.2, 0.25) is 5.91 Å². The molecule has 12 heteroatoms. The van der Waals surface area contributed by atoms with Gasteiger partial charge in [-0.1, -0.05) is 42.5 Å². The molecule has 0 radical (unpaired) electrons. The van der Waals surface area contributed by atoms with E-state index in [2.05, 4.69) is 25.4 Å². The third-order valence-electron chi connectivity index (χ3n) is 6.36. The summed E-state index contributed by atoms with van der Waals surface area (Å²) in [4.78, 5) is 60.9. The number of urea groups is 1. The minimum Gasteiger partial charge on any atom is -0.469 e. The van der Waals surface area contributed by atoms with Gasteiger partial charge in [-0.15, -0.1) is 0 Å². The summed E-state index contributed by atoms with van der Waals surface area (Å²) in [6.45, 7) is 2.10. The molecule has 224 valence electrons. The maximum Gasteiger partial charge on any atom is 0.328 e. The van der Waals surface area contributed by atoms with Crippen molar-refractivity contribution in [1.29, 1.82) is 0 Å². The molecule has 3 unspecified atom stereocenters. The van der Waals surface area contributed by atoms with Crippen molar-refractivity contribution in [1.82, 2.24) is 16.0 Å². The summed E-state index contributed by atoms with van der Waals surface area (Å²) >= 11 is 0. The van der Waals surface area contributed by atoms with Crippen LogP contribution in [0.25, 0.3) is 10.8 Å². The van der Waals surface area contributed by atoms with Gasteiger partial charge in [0.25, 0.3) is 0 Å². The number of methoxy groups -OCH3 is 2. The van der Waals surface area contributed by atoms with Gasteiger partial charge in [-0.25, -0.2) is 14.4 Å². The molecule has 5 N–H and O–H groups in total. The van der Waals surface area contributed by atoms with Gasteiger partial charge in [-0.3, -0.25) is 9.59 Å². The van der Waals surface area contributed by atoms with Gasteiger partial charge < -0.3 is 35.9 Å². The van der Waals surface area contributed by atoms with E-state index in [-0.39, 0.29) is 31.8 Å². The van der Waals surface area contributed by atoms with Crippen molar-refractivity contribution in [3.05, 3.63) is 48.0 Å². The van der Waals surface area contributed by atoms with E-state index < -0.39 is 42.1 Å². The minimum absolute atomic E-state index is 0.0421. The smallest absolute Gasteiger partial charge is 0.328 e. The Labute approximate surface area is 239 Å². The number of ether oxygens (including phenoxy) is 3. The Kier molecular flexibility index (Phi) is 14.1. The third kappa shape index (κ3) is 11.4.